The molecule has 3 heteroatoms. The lowest BCUT2D eigenvalue weighted by Crippen LogP contribution is -2.49. The molecule has 1 N–H and O–H groups in total. The zero-order chi connectivity index (χ0) is 12.4. The number of nitrogens with zero attached hydrogens (tertiary/aromatic N) is 1. The minimum Gasteiger partial charge on any atom is -0.383 e. The zero-order valence-corrected chi connectivity index (χ0v) is 11.9. The van der Waals surface area contributed by atoms with Crippen LogP contribution in [-0.2, 0) is 6.42 Å². The third-order valence-electron chi connectivity index (χ3n) is 4.18. The minimum absolute atomic E-state index is 0.702. The molecule has 2 atom stereocenters. The van der Waals surface area contributed by atoms with E-state index in [0.29, 0.717) is 6.04 Å². The summed E-state index contributed by atoms with van der Waals surface area (Å²) in [4.78, 5) is 2.72. The van der Waals surface area contributed by atoms with E-state index in [1.807, 2.05) is 0 Å². The number of anilines is 1. The number of nitrogens with one attached hydrogen (secondary N) is 1. The summed E-state index contributed by atoms with van der Waals surface area (Å²) in [6.45, 7) is 4.74. The number of benzene rings is 1. The Morgan fingerprint density at radius 2 is 2.22 bits per heavy atom. The van der Waals surface area contributed by atoms with Crippen LogP contribution in [-0.4, -0.2) is 41.6 Å². The van der Waals surface area contributed by atoms with Crippen LogP contribution >= 0.6 is 11.8 Å². The summed E-state index contributed by atoms with van der Waals surface area (Å²) in [6.07, 6.45) is 2.50. The van der Waals surface area contributed by atoms with Crippen molar-refractivity contribution in [1.29, 1.82) is 0 Å². The van der Waals surface area contributed by atoms with Crippen LogP contribution < -0.4 is 5.32 Å². The molecule has 3 rings (SSSR count). The number of fused-ring (bicyclic) bond motifs is 1. The quantitative estimate of drug-likeness (QED) is 0.838. The van der Waals surface area contributed by atoms with Crippen LogP contribution in [0.3, 0.4) is 0 Å². The van der Waals surface area contributed by atoms with E-state index in [2.05, 4.69) is 53.2 Å². The summed E-state index contributed by atoms with van der Waals surface area (Å²) in [7, 11) is 0. The highest BCUT2D eigenvalue weighted by atomic mass is 32.2. The van der Waals surface area contributed by atoms with Crippen LogP contribution in [0, 0.1) is 0 Å². The molecule has 1 saturated heterocycles. The topological polar surface area (TPSA) is 15.3 Å². The first-order valence-electron chi connectivity index (χ1n) is 7.00. The van der Waals surface area contributed by atoms with Crippen LogP contribution in [0.1, 0.15) is 18.9 Å². The molecule has 2 aliphatic rings. The van der Waals surface area contributed by atoms with Crippen molar-refractivity contribution in [3.63, 3.8) is 0 Å². The predicted octanol–water partition coefficient (Wildman–Crippen LogP) is 2.85. The predicted molar refractivity (Wildman–Crippen MR) is 80.5 cm³/mol. The Morgan fingerprint density at radius 1 is 1.33 bits per heavy atom. The lowest BCUT2D eigenvalue weighted by Gasteiger charge is -2.39. The van der Waals surface area contributed by atoms with Crippen molar-refractivity contribution in [3.05, 3.63) is 29.8 Å². The molecule has 0 aliphatic carbocycles. The minimum atomic E-state index is 0.702. The van der Waals surface area contributed by atoms with Gasteiger partial charge in [-0.05, 0) is 31.4 Å². The highest BCUT2D eigenvalue weighted by Gasteiger charge is 2.27. The Kier molecular flexibility index (Phi) is 3.80. The molecule has 2 unspecified atom stereocenters. The molecule has 1 aromatic carbocycles. The molecule has 1 fully saturated rings. The second-order valence-electron chi connectivity index (χ2n) is 5.39. The molecule has 1 aromatic rings. The summed E-state index contributed by atoms with van der Waals surface area (Å²) >= 11 is 2.10. The first-order chi connectivity index (χ1) is 8.84. The van der Waals surface area contributed by atoms with Gasteiger partial charge in [0.15, 0.2) is 0 Å². The molecule has 0 spiro atoms. The summed E-state index contributed by atoms with van der Waals surface area (Å²) in [5.74, 6) is 2.59. The van der Waals surface area contributed by atoms with Gasteiger partial charge in [-0.15, -0.1) is 0 Å². The van der Waals surface area contributed by atoms with E-state index in [1.165, 1.54) is 42.1 Å². The summed E-state index contributed by atoms with van der Waals surface area (Å²) in [6, 6.07) is 10.2. The van der Waals surface area contributed by atoms with Gasteiger partial charge in [-0.3, -0.25) is 4.90 Å². The number of hydrogen-bond acceptors (Lipinski definition) is 3. The number of rotatable bonds is 1. The molecule has 18 heavy (non-hydrogen) atoms. The van der Waals surface area contributed by atoms with Crippen molar-refractivity contribution >= 4 is 17.4 Å². The molecule has 2 aliphatic heterocycles. The van der Waals surface area contributed by atoms with E-state index in [4.69, 9.17) is 0 Å². The first-order valence-corrected chi connectivity index (χ1v) is 8.15. The second-order valence-corrected chi connectivity index (χ2v) is 6.54. The van der Waals surface area contributed by atoms with Gasteiger partial charge in [0.05, 0.1) is 0 Å². The van der Waals surface area contributed by atoms with Gasteiger partial charge in [0, 0.05) is 42.4 Å². The monoisotopic (exact) mass is 262 g/mol. The van der Waals surface area contributed by atoms with Gasteiger partial charge in [0.1, 0.15) is 0 Å². The van der Waals surface area contributed by atoms with Crippen molar-refractivity contribution in [2.45, 2.75) is 31.8 Å². The molecule has 0 bridgehead atoms. The Hall–Kier alpha value is -0.670. The van der Waals surface area contributed by atoms with E-state index < -0.39 is 0 Å². The summed E-state index contributed by atoms with van der Waals surface area (Å²) in [5.41, 5.74) is 2.83. The highest BCUT2D eigenvalue weighted by molar-refractivity contribution is 7.99. The van der Waals surface area contributed by atoms with Crippen LogP contribution in [0.2, 0.25) is 0 Å². The molecule has 0 aromatic heterocycles. The van der Waals surface area contributed by atoms with E-state index >= 15 is 0 Å². The average molecular weight is 262 g/mol. The van der Waals surface area contributed by atoms with E-state index in [0.717, 1.165) is 12.6 Å². The van der Waals surface area contributed by atoms with Crippen molar-refractivity contribution < 1.29 is 0 Å². The van der Waals surface area contributed by atoms with Gasteiger partial charge >= 0.3 is 0 Å². The van der Waals surface area contributed by atoms with Gasteiger partial charge in [-0.1, -0.05) is 18.2 Å². The van der Waals surface area contributed by atoms with Gasteiger partial charge in [-0.25, -0.2) is 0 Å². The fraction of sp³-hybridized carbons (Fsp3) is 0.600. The van der Waals surface area contributed by atoms with Gasteiger partial charge in [0.25, 0.3) is 0 Å². The smallest absolute Gasteiger partial charge is 0.0373 e. The SMILES string of the molecule is CC1CSCCN1C1CCc2ccccc2NC1. The lowest BCUT2D eigenvalue weighted by molar-refractivity contribution is 0.162. The maximum Gasteiger partial charge on any atom is 0.0373 e. The standard InChI is InChI=1S/C15H22N2S/c1-12-11-18-9-8-17(12)14-7-6-13-4-2-3-5-15(13)16-10-14/h2-5,12,14,16H,6-11H2,1H3. The fourth-order valence-electron chi connectivity index (χ4n) is 3.13. The molecule has 2 nitrogen and oxygen atoms in total. The molecule has 0 saturated carbocycles. The maximum atomic E-state index is 3.64. The first kappa shape index (κ1) is 12.4. The van der Waals surface area contributed by atoms with Gasteiger partial charge in [0.2, 0.25) is 0 Å². The second kappa shape index (κ2) is 5.54. The van der Waals surface area contributed by atoms with E-state index in [1.54, 1.807) is 0 Å². The van der Waals surface area contributed by atoms with Gasteiger partial charge < -0.3 is 5.32 Å². The summed E-state index contributed by atoms with van der Waals surface area (Å²) in [5, 5.41) is 3.64. The van der Waals surface area contributed by atoms with Crippen LogP contribution in [0.15, 0.2) is 24.3 Å². The highest BCUT2D eigenvalue weighted by Crippen LogP contribution is 2.26. The molecular formula is C15H22N2S. The third kappa shape index (κ3) is 2.52. The molecule has 2 heterocycles. The number of hydrogen-bond donors (Lipinski definition) is 1. The average Bonchev–Trinajstić information content (AvgIpc) is 2.62. The molecular weight excluding hydrogens is 240 g/mol. The van der Waals surface area contributed by atoms with Crippen molar-refractivity contribution in [1.82, 2.24) is 4.90 Å². The Bertz CT molecular complexity index is 380. The number of para-hydroxylation sites is 1. The normalized spacial score (nSPS) is 29.2. The molecule has 98 valence electrons. The van der Waals surface area contributed by atoms with Crippen LogP contribution in [0.5, 0.6) is 0 Å². The van der Waals surface area contributed by atoms with Crippen LogP contribution in [0.4, 0.5) is 5.69 Å². The fourth-order valence-corrected chi connectivity index (χ4v) is 4.17. The maximum absolute atomic E-state index is 3.64. The summed E-state index contributed by atoms with van der Waals surface area (Å²) < 4.78 is 0. The lowest BCUT2D eigenvalue weighted by atomic mass is 10.0. The molecule has 0 amide bonds. The Morgan fingerprint density at radius 3 is 3.11 bits per heavy atom. The van der Waals surface area contributed by atoms with Crippen LogP contribution in [0.25, 0.3) is 0 Å². The third-order valence-corrected chi connectivity index (χ3v) is 5.37. The van der Waals surface area contributed by atoms with Crippen molar-refractivity contribution in [2.75, 3.05) is 29.9 Å². The Balaban J connectivity index is 1.70. The van der Waals surface area contributed by atoms with Crippen molar-refractivity contribution in [2.24, 2.45) is 0 Å². The van der Waals surface area contributed by atoms with E-state index in [9.17, 15) is 0 Å². The largest absolute Gasteiger partial charge is 0.383 e. The number of aryl methyl sites for hydroxylation is 1. The van der Waals surface area contributed by atoms with E-state index in [-0.39, 0.29) is 0 Å². The van der Waals surface area contributed by atoms with Gasteiger partial charge in [-0.2, -0.15) is 11.8 Å². The molecule has 0 radical (unpaired) electrons. The Labute approximate surface area is 114 Å². The zero-order valence-electron chi connectivity index (χ0n) is 11.1. The van der Waals surface area contributed by atoms with Crippen molar-refractivity contribution in [3.8, 4) is 0 Å². The number of thioether (sulfide) groups is 1.